The van der Waals surface area contributed by atoms with Crippen molar-refractivity contribution in [2.24, 2.45) is 0 Å². The smallest absolute Gasteiger partial charge is 0.122 e. The van der Waals surface area contributed by atoms with Crippen molar-refractivity contribution in [3.05, 3.63) is 231 Å². The molecule has 0 atom stereocenters. The van der Waals surface area contributed by atoms with Crippen LogP contribution in [-0.4, -0.2) is 40.9 Å². The summed E-state index contributed by atoms with van der Waals surface area (Å²) in [5, 5.41) is 102. The minimum absolute atomic E-state index is 0.134. The number of benzene rings is 8. The van der Waals surface area contributed by atoms with Gasteiger partial charge in [-0.15, -0.1) is 0 Å². The summed E-state index contributed by atoms with van der Waals surface area (Å²) in [7, 11) is 0. The normalized spacial score (nSPS) is 12.8. The van der Waals surface area contributed by atoms with E-state index < -0.39 is 0 Å². The molecule has 16 bridgehead atoms. The molecule has 8 nitrogen and oxygen atoms in total. The van der Waals surface area contributed by atoms with Gasteiger partial charge in [-0.25, -0.2) is 0 Å². The molecule has 0 fully saturated rings. The molecule has 8 heteroatoms. The molecule has 0 heterocycles. The minimum atomic E-state index is 0.134. The zero-order chi connectivity index (χ0) is 68.4. The molecule has 1 aliphatic carbocycles. The number of unbranched alkanes of at least 4 members (excludes halogenated alkanes) is 8. The molecule has 0 radical (unpaired) electrons. The molecule has 0 unspecified atom stereocenters. The summed E-state index contributed by atoms with van der Waals surface area (Å²) in [4.78, 5) is 0. The Bertz CT molecular complexity index is 2990. The van der Waals surface area contributed by atoms with E-state index >= 15 is 0 Å². The zero-order valence-corrected chi connectivity index (χ0v) is 59.4. The summed E-state index contributed by atoms with van der Waals surface area (Å²) in [5.74, 6) is 1.07. The number of phenols is 8. The predicted octanol–water partition coefficient (Wildman–Crippen LogP) is 21.1. The number of phenolic OH excluding ortho intramolecular Hbond substituents is 8. The van der Waals surface area contributed by atoms with E-state index in [1.54, 1.807) is 0 Å². The third kappa shape index (κ3) is 18.4. The van der Waals surface area contributed by atoms with Gasteiger partial charge in [0.2, 0.25) is 0 Å². The first-order valence-corrected chi connectivity index (χ1v) is 37.2. The van der Waals surface area contributed by atoms with Gasteiger partial charge in [0.05, 0.1) is 0 Å². The Hall–Kier alpha value is -7.84. The molecular formula is C88H112O8. The van der Waals surface area contributed by atoms with Gasteiger partial charge in [-0.3, -0.25) is 0 Å². The second-order valence-electron chi connectivity index (χ2n) is 28.3. The van der Waals surface area contributed by atoms with Crippen molar-refractivity contribution < 1.29 is 40.9 Å². The van der Waals surface area contributed by atoms with Crippen LogP contribution in [-0.2, 0) is 103 Å². The predicted molar refractivity (Wildman–Crippen MR) is 396 cm³/mol. The third-order valence-corrected chi connectivity index (χ3v) is 20.2. The molecule has 96 heavy (non-hydrogen) atoms. The third-order valence-electron chi connectivity index (χ3n) is 20.2. The van der Waals surface area contributed by atoms with Crippen LogP contribution in [0.4, 0.5) is 0 Å². The van der Waals surface area contributed by atoms with Gasteiger partial charge in [0.1, 0.15) is 46.0 Å². The number of aryl methyl sites for hydroxylation is 8. The maximum Gasteiger partial charge on any atom is 0.122 e. The molecule has 8 aromatic carbocycles. The highest BCUT2D eigenvalue weighted by Gasteiger charge is 2.25. The second-order valence-corrected chi connectivity index (χ2v) is 28.3. The van der Waals surface area contributed by atoms with E-state index in [2.05, 4.69) is 152 Å². The van der Waals surface area contributed by atoms with E-state index in [9.17, 15) is 40.9 Å². The Labute approximate surface area is 575 Å². The van der Waals surface area contributed by atoms with Crippen LogP contribution in [0.3, 0.4) is 0 Å². The molecule has 1 aliphatic rings. The van der Waals surface area contributed by atoms with Gasteiger partial charge in [0.25, 0.3) is 0 Å². The van der Waals surface area contributed by atoms with Crippen molar-refractivity contribution >= 4 is 0 Å². The molecule has 512 valence electrons. The van der Waals surface area contributed by atoms with Gasteiger partial charge in [-0.1, -0.05) is 204 Å². The van der Waals surface area contributed by atoms with Crippen LogP contribution in [0, 0.1) is 0 Å². The highest BCUT2D eigenvalue weighted by molar-refractivity contribution is 5.60. The van der Waals surface area contributed by atoms with Gasteiger partial charge in [-0.05, 0) is 236 Å². The Kier molecular flexibility index (Phi) is 26.3. The topological polar surface area (TPSA) is 162 Å². The van der Waals surface area contributed by atoms with Crippen LogP contribution < -0.4 is 0 Å². The van der Waals surface area contributed by atoms with Gasteiger partial charge >= 0.3 is 0 Å². The lowest BCUT2D eigenvalue weighted by Crippen LogP contribution is -2.04. The van der Waals surface area contributed by atoms with Crippen molar-refractivity contribution in [1.82, 2.24) is 0 Å². The molecule has 0 aliphatic heterocycles. The van der Waals surface area contributed by atoms with Crippen LogP contribution in [0.5, 0.6) is 46.0 Å². The fourth-order valence-corrected chi connectivity index (χ4v) is 14.7. The summed E-state index contributed by atoms with van der Waals surface area (Å²) in [6.07, 6.45) is 24.0. The summed E-state index contributed by atoms with van der Waals surface area (Å²) in [5.41, 5.74) is 19.8. The average Bonchev–Trinajstić information content (AvgIpc) is 0.883. The highest BCUT2D eigenvalue weighted by atomic mass is 16.3. The number of aromatic hydroxyl groups is 8. The average molecular weight is 1300 g/mol. The van der Waals surface area contributed by atoms with E-state index in [4.69, 9.17) is 0 Å². The standard InChI is InChI=1S/C88H112O8/c1-9-17-25-57-33-65-49-67-35-58(26-18-10-2)37-69(82(67)90)51-71-39-60(28-20-12-4)41-73(84(71)92)53-75-43-62(30-22-14-6)45-77(86(75)94)55-79-47-64(32-24-16-8)48-80(88(79)96)56-78-46-63(31-23-15-7)44-76(87(78)95)54-74-42-61(29-21-13-5)40-72(85(74)93)52-70-38-59(27-19-11-3)36-68(83(70)91)50-66(34-57)81(65)89/h33-48,89-96H,9-32,49-56H2,1-8H3. The Balaban J connectivity index is 1.28. The van der Waals surface area contributed by atoms with E-state index in [0.717, 1.165) is 199 Å². The molecule has 8 N–H and O–H groups in total. The lowest BCUT2D eigenvalue weighted by atomic mass is 9.87. The van der Waals surface area contributed by atoms with Crippen molar-refractivity contribution in [3.8, 4) is 46.0 Å². The summed E-state index contributed by atoms with van der Waals surface area (Å²) < 4.78 is 0. The number of fused-ring (bicyclic) bond motifs is 16. The monoisotopic (exact) mass is 1300 g/mol. The fourth-order valence-electron chi connectivity index (χ4n) is 14.7. The van der Waals surface area contributed by atoms with Gasteiger partial charge in [0.15, 0.2) is 0 Å². The molecular weight excluding hydrogens is 1180 g/mol. The van der Waals surface area contributed by atoms with E-state index in [-0.39, 0.29) is 97.4 Å². The second kappa shape index (κ2) is 34.9. The largest absolute Gasteiger partial charge is 0.507 e. The van der Waals surface area contributed by atoms with Crippen LogP contribution in [0.1, 0.15) is 292 Å². The lowest BCUT2D eigenvalue weighted by Gasteiger charge is -2.20. The zero-order valence-electron chi connectivity index (χ0n) is 59.4. The van der Waals surface area contributed by atoms with E-state index in [0.29, 0.717) is 89.0 Å². The summed E-state index contributed by atoms with van der Waals surface area (Å²) in [6, 6.07) is 33.4. The van der Waals surface area contributed by atoms with Gasteiger partial charge in [-0.2, -0.15) is 0 Å². The maximum atomic E-state index is 12.7. The van der Waals surface area contributed by atoms with Gasteiger partial charge < -0.3 is 40.9 Å². The van der Waals surface area contributed by atoms with Crippen LogP contribution in [0.2, 0.25) is 0 Å². The molecule has 0 saturated carbocycles. The van der Waals surface area contributed by atoms with Crippen molar-refractivity contribution in [2.45, 2.75) is 261 Å². The molecule has 8 aromatic rings. The van der Waals surface area contributed by atoms with E-state index in [1.807, 2.05) is 0 Å². The number of hydrogen-bond donors (Lipinski definition) is 8. The van der Waals surface area contributed by atoms with Crippen LogP contribution >= 0.6 is 0 Å². The summed E-state index contributed by atoms with van der Waals surface area (Å²) in [6.45, 7) is 17.4. The van der Waals surface area contributed by atoms with Crippen molar-refractivity contribution in [1.29, 1.82) is 0 Å². The molecule has 0 amide bonds. The quantitative estimate of drug-likeness (QED) is 0.0297. The molecule has 0 spiro atoms. The Morgan fingerprint density at radius 2 is 0.250 bits per heavy atom. The maximum absolute atomic E-state index is 12.7. The van der Waals surface area contributed by atoms with Crippen molar-refractivity contribution in [3.63, 3.8) is 0 Å². The highest BCUT2D eigenvalue weighted by Crippen LogP contribution is 2.43. The first-order chi connectivity index (χ1) is 46.5. The SMILES string of the molecule is CCCCc1cc2c(O)c(c1)Cc1cc(CCCC)cc(c1O)Cc1cc(CCCC)cc(c1O)Cc1cc(CCCC)cc(c1O)Cc1cc(CCCC)cc(c1O)Cc1cc(CCCC)cc(c1O)Cc1cc(CCCC)cc(c1O)Cc1cc(CCCC)cc(c1O)C2. The minimum Gasteiger partial charge on any atom is -0.507 e. The Morgan fingerprint density at radius 3 is 0.323 bits per heavy atom. The van der Waals surface area contributed by atoms with Crippen LogP contribution in [0.15, 0.2) is 97.1 Å². The number of hydrogen-bond acceptors (Lipinski definition) is 8. The first-order valence-electron chi connectivity index (χ1n) is 37.2. The molecule has 9 rings (SSSR count). The van der Waals surface area contributed by atoms with Crippen LogP contribution in [0.25, 0.3) is 0 Å². The van der Waals surface area contributed by atoms with E-state index in [1.165, 1.54) is 0 Å². The number of rotatable bonds is 24. The lowest BCUT2D eigenvalue weighted by molar-refractivity contribution is 0.451. The molecule has 0 aromatic heterocycles. The fraction of sp³-hybridized carbons (Fsp3) is 0.455. The van der Waals surface area contributed by atoms with Crippen molar-refractivity contribution in [2.75, 3.05) is 0 Å². The Morgan fingerprint density at radius 1 is 0.167 bits per heavy atom. The summed E-state index contributed by atoms with van der Waals surface area (Å²) >= 11 is 0. The van der Waals surface area contributed by atoms with Gasteiger partial charge in [0, 0.05) is 51.4 Å². The first kappa shape index (κ1) is 72.4. The molecule has 0 saturated heterocycles.